The third-order valence-corrected chi connectivity index (χ3v) is 6.68. The predicted octanol–water partition coefficient (Wildman–Crippen LogP) is 4.46. The van der Waals surface area contributed by atoms with E-state index in [0.29, 0.717) is 15.9 Å². The Morgan fingerprint density at radius 1 is 1.08 bits per heavy atom. The number of amides is 2. The second-order valence-corrected chi connectivity index (χ2v) is 10.8. The topological polar surface area (TPSA) is 86.8 Å². The van der Waals surface area contributed by atoms with E-state index in [-0.39, 0.29) is 24.0 Å². The molecule has 2 amide bonds. The van der Waals surface area contributed by atoms with Crippen LogP contribution in [0.3, 0.4) is 0 Å². The van der Waals surface area contributed by atoms with Gasteiger partial charge in [-0.1, -0.05) is 48.9 Å². The van der Waals surface area contributed by atoms with E-state index in [1.165, 1.54) is 4.90 Å². The number of hydrogen-bond acceptors (Lipinski definition) is 4. The summed E-state index contributed by atoms with van der Waals surface area (Å²) in [6, 6.07) is 9.83. The van der Waals surface area contributed by atoms with Crippen molar-refractivity contribution < 1.29 is 31.2 Å². The van der Waals surface area contributed by atoms with Crippen molar-refractivity contribution in [2.24, 2.45) is 0 Å². The molecule has 0 bridgehead atoms. The van der Waals surface area contributed by atoms with Crippen LogP contribution in [0.25, 0.3) is 0 Å². The molecular weight excluding hydrogens is 519 g/mol. The zero-order chi connectivity index (χ0) is 27.3. The Labute approximate surface area is 214 Å². The Morgan fingerprint density at radius 2 is 1.69 bits per heavy atom. The smallest absolute Gasteiger partial charge is 0.352 e. The fourth-order valence-electron chi connectivity index (χ4n) is 3.56. The largest absolute Gasteiger partial charge is 0.416 e. The van der Waals surface area contributed by atoms with Gasteiger partial charge in [-0.3, -0.25) is 13.9 Å². The Morgan fingerprint density at radius 3 is 2.19 bits per heavy atom. The average molecular weight is 548 g/mol. The van der Waals surface area contributed by atoms with E-state index in [0.717, 1.165) is 18.4 Å². The molecule has 0 saturated carbocycles. The van der Waals surface area contributed by atoms with E-state index >= 15 is 0 Å². The van der Waals surface area contributed by atoms with Crippen molar-refractivity contribution in [1.29, 1.82) is 0 Å². The van der Waals surface area contributed by atoms with E-state index in [1.807, 2.05) is 0 Å². The predicted molar refractivity (Wildman–Crippen MR) is 133 cm³/mol. The van der Waals surface area contributed by atoms with E-state index in [1.54, 1.807) is 51.1 Å². The Hall–Kier alpha value is -2.79. The maximum absolute atomic E-state index is 13.5. The van der Waals surface area contributed by atoms with Crippen LogP contribution in [0, 0.1) is 0 Å². The molecular formula is C24H29ClF3N3O4S. The molecule has 0 aliphatic carbocycles. The summed E-state index contributed by atoms with van der Waals surface area (Å²) >= 11 is 6.07. The van der Waals surface area contributed by atoms with Crippen molar-refractivity contribution in [1.82, 2.24) is 10.2 Å². The average Bonchev–Trinajstić information content (AvgIpc) is 2.76. The highest BCUT2D eigenvalue weighted by molar-refractivity contribution is 7.92. The zero-order valence-electron chi connectivity index (χ0n) is 20.3. The maximum Gasteiger partial charge on any atom is 0.416 e. The first kappa shape index (κ1) is 29.4. The molecule has 12 heteroatoms. The lowest BCUT2D eigenvalue weighted by Gasteiger charge is -2.33. The van der Waals surface area contributed by atoms with Gasteiger partial charge < -0.3 is 10.2 Å². The van der Waals surface area contributed by atoms with Crippen LogP contribution in [-0.2, 0) is 32.3 Å². The minimum absolute atomic E-state index is 0.0162. The van der Waals surface area contributed by atoms with Gasteiger partial charge in [-0.25, -0.2) is 8.42 Å². The molecule has 0 aliphatic heterocycles. The Bertz CT molecular complexity index is 1170. The Kier molecular flexibility index (Phi) is 9.78. The van der Waals surface area contributed by atoms with Gasteiger partial charge in [-0.15, -0.1) is 0 Å². The third-order valence-electron chi connectivity index (χ3n) is 5.23. The molecule has 0 heterocycles. The second-order valence-electron chi connectivity index (χ2n) is 8.53. The maximum atomic E-state index is 13.5. The van der Waals surface area contributed by atoms with Crippen molar-refractivity contribution in [3.63, 3.8) is 0 Å². The van der Waals surface area contributed by atoms with Gasteiger partial charge in [0.2, 0.25) is 21.8 Å². The van der Waals surface area contributed by atoms with Crippen LogP contribution in [0.1, 0.15) is 38.3 Å². The SMILES string of the molecule is CC[C@H](C(=O)NC(C)C)N(Cc1ccccc1)C(=O)CN(c1cc(C(F)(F)F)ccc1Cl)S(C)(=O)=O. The normalized spacial score (nSPS) is 12.8. The van der Waals surface area contributed by atoms with Gasteiger partial charge >= 0.3 is 6.18 Å². The van der Waals surface area contributed by atoms with Gasteiger partial charge in [-0.2, -0.15) is 13.2 Å². The van der Waals surface area contributed by atoms with Crippen LogP contribution in [0.15, 0.2) is 48.5 Å². The molecule has 1 atom stereocenters. The molecule has 0 spiro atoms. The molecule has 0 radical (unpaired) electrons. The highest BCUT2D eigenvalue weighted by Crippen LogP contribution is 2.36. The molecule has 2 rings (SSSR count). The molecule has 198 valence electrons. The van der Waals surface area contributed by atoms with Crippen LogP contribution in [0.4, 0.5) is 18.9 Å². The number of halogens is 4. The number of rotatable bonds is 10. The van der Waals surface area contributed by atoms with Gasteiger partial charge in [0.05, 0.1) is 22.5 Å². The highest BCUT2D eigenvalue weighted by atomic mass is 35.5. The van der Waals surface area contributed by atoms with Crippen molar-refractivity contribution in [2.75, 3.05) is 17.1 Å². The van der Waals surface area contributed by atoms with Gasteiger partial charge in [0.25, 0.3) is 0 Å². The molecule has 0 unspecified atom stereocenters. The van der Waals surface area contributed by atoms with Gasteiger partial charge in [0, 0.05) is 12.6 Å². The minimum atomic E-state index is -4.76. The molecule has 7 nitrogen and oxygen atoms in total. The summed E-state index contributed by atoms with van der Waals surface area (Å²) in [6.45, 7) is 4.35. The molecule has 2 aromatic carbocycles. The first-order valence-electron chi connectivity index (χ1n) is 11.1. The van der Waals surface area contributed by atoms with Crippen LogP contribution < -0.4 is 9.62 Å². The monoisotopic (exact) mass is 547 g/mol. The summed E-state index contributed by atoms with van der Waals surface area (Å²) in [4.78, 5) is 27.7. The third kappa shape index (κ3) is 7.86. The zero-order valence-corrected chi connectivity index (χ0v) is 21.9. The summed E-state index contributed by atoms with van der Waals surface area (Å²) < 4.78 is 65.7. The summed E-state index contributed by atoms with van der Waals surface area (Å²) in [5.74, 6) is -1.21. The molecule has 1 N–H and O–H groups in total. The number of hydrogen-bond donors (Lipinski definition) is 1. The van der Waals surface area contributed by atoms with Crippen molar-refractivity contribution in [3.05, 3.63) is 64.7 Å². The van der Waals surface area contributed by atoms with Crippen LogP contribution >= 0.6 is 11.6 Å². The summed E-state index contributed by atoms with van der Waals surface area (Å²) in [6.07, 6.45) is -3.77. The fourth-order valence-corrected chi connectivity index (χ4v) is 4.68. The molecule has 0 saturated heterocycles. The van der Waals surface area contributed by atoms with Gasteiger partial charge in [-0.05, 0) is 44.0 Å². The number of nitrogens with one attached hydrogen (secondary N) is 1. The molecule has 0 fully saturated rings. The highest BCUT2D eigenvalue weighted by Gasteiger charge is 2.35. The molecule has 0 aromatic heterocycles. The standard InChI is InChI=1S/C24H29ClF3N3O4S/c1-5-20(23(33)29-16(2)3)30(14-17-9-7-6-8-10-17)22(32)15-31(36(4,34)35)21-13-18(24(26,27)28)11-12-19(21)25/h6-13,16,20H,5,14-15H2,1-4H3,(H,29,33)/t20-/m1/s1. The number of carbonyl (C=O) groups excluding carboxylic acids is 2. The quantitative estimate of drug-likeness (QED) is 0.476. The summed E-state index contributed by atoms with van der Waals surface area (Å²) in [5.41, 5.74) is -0.918. The lowest BCUT2D eigenvalue weighted by atomic mass is 10.1. The van der Waals surface area contributed by atoms with Gasteiger partial charge in [0.15, 0.2) is 0 Å². The second kappa shape index (κ2) is 12.0. The minimum Gasteiger partial charge on any atom is -0.352 e. The lowest BCUT2D eigenvalue weighted by Crippen LogP contribution is -2.53. The lowest BCUT2D eigenvalue weighted by molar-refractivity contribution is -0.140. The summed E-state index contributed by atoms with van der Waals surface area (Å²) in [7, 11) is -4.24. The number of nitrogens with zero attached hydrogens (tertiary/aromatic N) is 2. The van der Waals surface area contributed by atoms with Gasteiger partial charge in [0.1, 0.15) is 12.6 Å². The Balaban J connectivity index is 2.53. The van der Waals surface area contributed by atoms with Crippen molar-refractivity contribution in [2.45, 2.75) is 52.0 Å². The number of anilines is 1. The first-order valence-corrected chi connectivity index (χ1v) is 13.4. The van der Waals surface area contributed by atoms with Crippen LogP contribution in [-0.4, -0.2) is 50.0 Å². The first-order chi connectivity index (χ1) is 16.6. The van der Waals surface area contributed by atoms with E-state index in [9.17, 15) is 31.2 Å². The van der Waals surface area contributed by atoms with Crippen LogP contribution in [0.5, 0.6) is 0 Å². The van der Waals surface area contributed by atoms with E-state index in [4.69, 9.17) is 11.6 Å². The number of sulfonamides is 1. The van der Waals surface area contributed by atoms with Crippen molar-refractivity contribution in [3.8, 4) is 0 Å². The fraction of sp³-hybridized carbons (Fsp3) is 0.417. The summed E-state index contributed by atoms with van der Waals surface area (Å²) in [5, 5.41) is 2.48. The van der Waals surface area contributed by atoms with E-state index in [2.05, 4.69) is 5.32 Å². The van der Waals surface area contributed by atoms with Crippen LogP contribution in [0.2, 0.25) is 5.02 Å². The molecule has 36 heavy (non-hydrogen) atoms. The number of alkyl halides is 3. The molecule has 0 aliphatic rings. The number of carbonyl (C=O) groups is 2. The number of benzene rings is 2. The molecule has 2 aromatic rings. The van der Waals surface area contributed by atoms with Crippen molar-refractivity contribution >= 4 is 39.1 Å². The van der Waals surface area contributed by atoms with E-state index < -0.39 is 51.9 Å².